The van der Waals surface area contributed by atoms with E-state index in [4.69, 9.17) is 32.7 Å². The molecule has 2 aromatic rings. The molecule has 2 nitrogen and oxygen atoms in total. The normalized spacial score (nSPS) is 17.5. The van der Waals surface area contributed by atoms with Crippen molar-refractivity contribution >= 4 is 40.8 Å². The van der Waals surface area contributed by atoms with Crippen molar-refractivity contribution in [2.75, 3.05) is 0 Å². The second kappa shape index (κ2) is 4.83. The summed E-state index contributed by atoms with van der Waals surface area (Å²) in [6.45, 7) is 0.110. The summed E-state index contributed by atoms with van der Waals surface area (Å²) in [6, 6.07) is 11.7. The molecule has 0 radical (unpaired) electrons. The van der Waals surface area contributed by atoms with Gasteiger partial charge in [0, 0.05) is 21.9 Å². The predicted molar refractivity (Wildman–Crippen MR) is 93.5 cm³/mol. The second-order valence-corrected chi connectivity index (χ2v) is 6.82. The zero-order valence-corrected chi connectivity index (χ0v) is 13.6. The van der Waals surface area contributed by atoms with Gasteiger partial charge in [-0.3, -0.25) is 0 Å². The first-order chi connectivity index (χ1) is 11.2. The van der Waals surface area contributed by atoms with Crippen molar-refractivity contribution < 1.29 is 9.47 Å². The average Bonchev–Trinajstić information content (AvgIpc) is 2.54. The second-order valence-electron chi connectivity index (χ2n) is 5.95. The van der Waals surface area contributed by atoms with Crippen molar-refractivity contribution in [3.05, 3.63) is 69.5 Å². The summed E-state index contributed by atoms with van der Waals surface area (Å²) >= 11 is 12.3. The van der Waals surface area contributed by atoms with Crippen LogP contribution >= 0.6 is 23.2 Å². The fraction of sp³-hybridized carbons (Fsp3) is 0.111. The zero-order valence-electron chi connectivity index (χ0n) is 12.1. The van der Waals surface area contributed by atoms with E-state index in [2.05, 4.69) is 6.08 Å². The molecular weight excluding hydrogens is 330 g/mol. The molecule has 112 valence electrons. The first kappa shape index (κ1) is 13.6. The lowest BCUT2D eigenvalue weighted by molar-refractivity contribution is 0.372. The van der Waals surface area contributed by atoms with Crippen molar-refractivity contribution in [2.24, 2.45) is 0 Å². The Morgan fingerprint density at radius 2 is 1.52 bits per heavy atom. The van der Waals surface area contributed by atoms with Gasteiger partial charge < -0.3 is 9.47 Å². The van der Waals surface area contributed by atoms with Crippen molar-refractivity contribution in [3.8, 4) is 11.5 Å². The molecule has 0 saturated heterocycles. The van der Waals surface area contributed by atoms with E-state index in [1.165, 1.54) is 0 Å². The number of allylic oxidation sites excluding steroid dienone is 3. The standard InChI is InChI=1S/C18H11BCl2O2/c20-10-4-6-12-16(8-10)22-14-2-1-3-15-18(14)19(12)13-7-5-11(21)9-17(13)23-15/h2,4-9H,1,3H2. The Bertz CT molecular complexity index is 917. The van der Waals surface area contributed by atoms with Crippen LogP contribution in [0.1, 0.15) is 12.8 Å². The third-order valence-corrected chi connectivity index (χ3v) is 5.05. The summed E-state index contributed by atoms with van der Waals surface area (Å²) in [6.07, 6.45) is 3.93. The molecule has 2 aliphatic heterocycles. The maximum absolute atomic E-state index is 6.16. The Balaban J connectivity index is 1.82. The van der Waals surface area contributed by atoms with Gasteiger partial charge in [0.05, 0.1) is 0 Å². The Morgan fingerprint density at radius 1 is 0.870 bits per heavy atom. The molecule has 3 aliphatic rings. The van der Waals surface area contributed by atoms with Gasteiger partial charge in [-0.15, -0.1) is 0 Å². The van der Waals surface area contributed by atoms with Crippen LogP contribution < -0.4 is 20.4 Å². The minimum atomic E-state index is 0.110. The van der Waals surface area contributed by atoms with Gasteiger partial charge in [-0.1, -0.05) is 35.3 Å². The lowest BCUT2D eigenvalue weighted by atomic mass is 9.33. The first-order valence-electron chi connectivity index (χ1n) is 7.59. The first-order valence-corrected chi connectivity index (χ1v) is 8.34. The van der Waals surface area contributed by atoms with E-state index >= 15 is 0 Å². The van der Waals surface area contributed by atoms with Crippen LogP contribution in [0.2, 0.25) is 10.0 Å². The minimum absolute atomic E-state index is 0.110. The van der Waals surface area contributed by atoms with Crippen LogP contribution in [0.15, 0.2) is 59.5 Å². The Labute approximate surface area is 144 Å². The lowest BCUT2D eigenvalue weighted by Gasteiger charge is -2.36. The summed E-state index contributed by atoms with van der Waals surface area (Å²) in [5, 5.41) is 1.36. The van der Waals surface area contributed by atoms with Gasteiger partial charge in [0.25, 0.3) is 6.71 Å². The molecular formula is C18H11BCl2O2. The minimum Gasteiger partial charge on any atom is -0.463 e. The topological polar surface area (TPSA) is 18.5 Å². The molecule has 0 bridgehead atoms. The summed E-state index contributed by atoms with van der Waals surface area (Å²) in [7, 11) is 0. The van der Waals surface area contributed by atoms with Gasteiger partial charge in [-0.25, -0.2) is 0 Å². The number of benzene rings is 2. The van der Waals surface area contributed by atoms with Crippen LogP contribution in [-0.4, -0.2) is 6.71 Å². The average molecular weight is 341 g/mol. The summed E-state index contributed by atoms with van der Waals surface area (Å²) in [5.41, 5.74) is 3.38. The molecule has 0 aromatic heterocycles. The smallest absolute Gasteiger partial charge is 0.260 e. The molecule has 2 heterocycles. The molecule has 5 heteroatoms. The highest BCUT2D eigenvalue weighted by atomic mass is 35.5. The van der Waals surface area contributed by atoms with E-state index in [0.717, 1.165) is 52.3 Å². The van der Waals surface area contributed by atoms with Crippen LogP contribution in [0.4, 0.5) is 0 Å². The zero-order chi connectivity index (χ0) is 15.6. The van der Waals surface area contributed by atoms with Crippen molar-refractivity contribution in [1.29, 1.82) is 0 Å². The maximum Gasteiger partial charge on any atom is 0.260 e. The van der Waals surface area contributed by atoms with Crippen molar-refractivity contribution in [3.63, 3.8) is 0 Å². The molecule has 1 aliphatic carbocycles. The van der Waals surface area contributed by atoms with Crippen LogP contribution in [0.25, 0.3) is 0 Å². The predicted octanol–water partition coefficient (Wildman–Crippen LogP) is 3.86. The van der Waals surface area contributed by atoms with Gasteiger partial charge in [-0.2, -0.15) is 0 Å². The van der Waals surface area contributed by atoms with E-state index in [1.54, 1.807) is 0 Å². The number of hydrogen-bond acceptors (Lipinski definition) is 2. The molecule has 0 atom stereocenters. The Kier molecular flexibility index (Phi) is 2.85. The summed E-state index contributed by atoms with van der Waals surface area (Å²) in [4.78, 5) is 0. The highest BCUT2D eigenvalue weighted by Gasteiger charge is 2.42. The molecule has 0 amide bonds. The van der Waals surface area contributed by atoms with Gasteiger partial charge in [0.15, 0.2) is 0 Å². The maximum atomic E-state index is 6.16. The fourth-order valence-corrected chi connectivity index (χ4v) is 3.95. The molecule has 5 rings (SSSR count). The number of rotatable bonds is 0. The summed E-state index contributed by atoms with van der Waals surface area (Å²) < 4.78 is 12.2. The molecule has 0 saturated carbocycles. The Morgan fingerprint density at radius 3 is 2.22 bits per heavy atom. The monoisotopic (exact) mass is 340 g/mol. The molecule has 0 spiro atoms. The number of ether oxygens (including phenoxy) is 2. The lowest BCUT2D eigenvalue weighted by Crippen LogP contribution is -2.52. The molecule has 2 aromatic carbocycles. The SMILES string of the molecule is Clc1ccc2c(c1)OC1=CCCC3=C1B2c1ccc(Cl)cc1O3. The van der Waals surface area contributed by atoms with Gasteiger partial charge in [0.2, 0.25) is 0 Å². The fourth-order valence-electron chi connectivity index (χ4n) is 3.62. The highest BCUT2D eigenvalue weighted by Crippen LogP contribution is 2.39. The van der Waals surface area contributed by atoms with Crippen LogP contribution in [0, 0.1) is 0 Å². The van der Waals surface area contributed by atoms with E-state index in [-0.39, 0.29) is 6.71 Å². The number of fused-ring (bicyclic) bond motifs is 4. The van der Waals surface area contributed by atoms with Crippen LogP contribution in [-0.2, 0) is 0 Å². The van der Waals surface area contributed by atoms with E-state index in [0.29, 0.717) is 10.0 Å². The highest BCUT2D eigenvalue weighted by molar-refractivity contribution is 6.93. The Hall–Kier alpha value is -1.84. The quantitative estimate of drug-likeness (QED) is 0.678. The molecule has 0 unspecified atom stereocenters. The van der Waals surface area contributed by atoms with E-state index < -0.39 is 0 Å². The summed E-state index contributed by atoms with van der Waals surface area (Å²) in [5.74, 6) is 3.54. The van der Waals surface area contributed by atoms with Crippen molar-refractivity contribution in [1.82, 2.24) is 0 Å². The van der Waals surface area contributed by atoms with E-state index in [9.17, 15) is 0 Å². The number of halogens is 2. The largest absolute Gasteiger partial charge is 0.463 e. The van der Waals surface area contributed by atoms with Crippen LogP contribution in [0.3, 0.4) is 0 Å². The van der Waals surface area contributed by atoms with Gasteiger partial charge in [-0.05, 0) is 47.7 Å². The molecule has 23 heavy (non-hydrogen) atoms. The van der Waals surface area contributed by atoms with Crippen molar-refractivity contribution in [2.45, 2.75) is 12.8 Å². The molecule has 0 fully saturated rings. The number of hydrogen-bond donors (Lipinski definition) is 0. The third kappa shape index (κ3) is 1.97. The van der Waals surface area contributed by atoms with E-state index in [1.807, 2.05) is 36.4 Å². The van der Waals surface area contributed by atoms with Gasteiger partial charge >= 0.3 is 0 Å². The third-order valence-electron chi connectivity index (χ3n) is 4.58. The van der Waals surface area contributed by atoms with Gasteiger partial charge in [0.1, 0.15) is 23.0 Å². The van der Waals surface area contributed by atoms with Crippen LogP contribution in [0.5, 0.6) is 11.5 Å². The molecule has 0 N–H and O–H groups in total.